The Hall–Kier alpha value is -2.89. The van der Waals surface area contributed by atoms with Crippen LogP contribution in [0.2, 0.25) is 0 Å². The zero-order valence-electron chi connectivity index (χ0n) is 39.5. The van der Waals surface area contributed by atoms with Crippen LogP contribution < -0.4 is 0 Å². The Morgan fingerprint density at radius 2 is 0.700 bits per heavy atom. The summed E-state index contributed by atoms with van der Waals surface area (Å²) in [5, 5.41) is 0. The van der Waals surface area contributed by atoms with E-state index in [1.165, 1.54) is 116 Å². The maximum absolute atomic E-state index is 12.8. The van der Waals surface area contributed by atoms with E-state index in [-0.39, 0.29) is 31.1 Å². The lowest BCUT2D eigenvalue weighted by molar-refractivity contribution is -0.167. The highest BCUT2D eigenvalue weighted by Crippen LogP contribution is 2.14. The van der Waals surface area contributed by atoms with Gasteiger partial charge in [0.2, 0.25) is 0 Å². The van der Waals surface area contributed by atoms with Crippen molar-refractivity contribution in [2.75, 3.05) is 13.2 Å². The molecule has 0 radical (unpaired) electrons. The molecule has 1 unspecified atom stereocenters. The van der Waals surface area contributed by atoms with E-state index >= 15 is 0 Å². The van der Waals surface area contributed by atoms with E-state index < -0.39 is 6.10 Å². The molecule has 0 aromatic rings. The number of esters is 3. The van der Waals surface area contributed by atoms with Gasteiger partial charge in [0.1, 0.15) is 13.2 Å². The van der Waals surface area contributed by atoms with Crippen LogP contribution in [0.4, 0.5) is 0 Å². The van der Waals surface area contributed by atoms with Gasteiger partial charge in [-0.3, -0.25) is 14.4 Å². The molecule has 1 atom stereocenters. The summed E-state index contributed by atoms with van der Waals surface area (Å²) in [6, 6.07) is 0. The van der Waals surface area contributed by atoms with Crippen LogP contribution in [-0.4, -0.2) is 37.2 Å². The predicted octanol–water partition coefficient (Wildman–Crippen LogP) is 16.5. The number of hydrogen-bond acceptors (Lipinski definition) is 6. The largest absolute Gasteiger partial charge is 0.462 e. The van der Waals surface area contributed by atoms with Crippen molar-refractivity contribution in [2.45, 2.75) is 252 Å². The van der Waals surface area contributed by atoms with Gasteiger partial charge in [-0.05, 0) is 96.3 Å². The third-order valence-electron chi connectivity index (χ3n) is 10.8. The molecule has 0 aliphatic rings. The summed E-state index contributed by atoms with van der Waals surface area (Å²) in [4.78, 5) is 37.8. The number of rotatable bonds is 45. The lowest BCUT2D eigenvalue weighted by Gasteiger charge is -2.18. The number of carbonyl (C=O) groups excluding carboxylic acids is 3. The molecule has 346 valence electrons. The molecule has 0 saturated carbocycles. The van der Waals surface area contributed by atoms with E-state index in [1.807, 2.05) is 0 Å². The van der Waals surface area contributed by atoms with Gasteiger partial charge in [-0.2, -0.15) is 0 Å². The number of ether oxygens (including phenoxy) is 3. The fourth-order valence-corrected chi connectivity index (χ4v) is 6.93. The zero-order valence-corrected chi connectivity index (χ0v) is 39.5. The zero-order chi connectivity index (χ0) is 43.7. The first-order valence-corrected chi connectivity index (χ1v) is 25.3. The van der Waals surface area contributed by atoms with Crippen molar-refractivity contribution in [2.24, 2.45) is 0 Å². The van der Waals surface area contributed by atoms with Gasteiger partial charge in [0.15, 0.2) is 6.10 Å². The lowest BCUT2D eigenvalue weighted by atomic mass is 10.1. The second kappa shape index (κ2) is 48.8. The molecule has 0 bridgehead atoms. The molecule has 0 aromatic carbocycles. The molecular formula is C54H94O6. The smallest absolute Gasteiger partial charge is 0.306 e. The molecule has 0 aliphatic heterocycles. The van der Waals surface area contributed by atoms with E-state index in [2.05, 4.69) is 81.5 Å². The van der Waals surface area contributed by atoms with Gasteiger partial charge in [-0.1, -0.05) is 191 Å². The average Bonchev–Trinajstić information content (AvgIpc) is 3.24. The molecule has 6 nitrogen and oxygen atoms in total. The minimum Gasteiger partial charge on any atom is -0.462 e. The Balaban J connectivity index is 4.37. The van der Waals surface area contributed by atoms with Crippen LogP contribution in [0.1, 0.15) is 245 Å². The first-order valence-electron chi connectivity index (χ1n) is 25.3. The lowest BCUT2D eigenvalue weighted by Crippen LogP contribution is -2.30. The summed E-state index contributed by atoms with van der Waals surface area (Å²) in [6.45, 7) is 6.45. The highest BCUT2D eigenvalue weighted by molar-refractivity contribution is 5.71. The van der Waals surface area contributed by atoms with E-state index in [0.29, 0.717) is 19.3 Å². The summed E-state index contributed by atoms with van der Waals surface area (Å²) in [5.41, 5.74) is 0. The number of hydrogen-bond donors (Lipinski definition) is 0. The Bertz CT molecular complexity index is 1100. The molecule has 0 spiro atoms. The topological polar surface area (TPSA) is 78.9 Å². The Labute approximate surface area is 370 Å². The number of carbonyl (C=O) groups is 3. The maximum Gasteiger partial charge on any atom is 0.306 e. The van der Waals surface area contributed by atoms with Crippen LogP contribution in [0.25, 0.3) is 0 Å². The Morgan fingerprint density at radius 3 is 1.17 bits per heavy atom. The third kappa shape index (κ3) is 46.2. The molecule has 0 saturated heterocycles. The van der Waals surface area contributed by atoms with Crippen molar-refractivity contribution in [3.63, 3.8) is 0 Å². The molecule has 0 fully saturated rings. The maximum atomic E-state index is 12.8. The van der Waals surface area contributed by atoms with Crippen LogP contribution in [0.15, 0.2) is 60.8 Å². The van der Waals surface area contributed by atoms with Crippen molar-refractivity contribution < 1.29 is 28.6 Å². The van der Waals surface area contributed by atoms with Crippen molar-refractivity contribution >= 4 is 17.9 Å². The van der Waals surface area contributed by atoms with E-state index in [9.17, 15) is 14.4 Å². The standard InChI is InChI=1S/C54H94O6/c1-4-7-10-13-16-19-21-23-25-26-27-29-30-32-35-38-41-44-47-53(56)59-50-51(49-58-52(55)46-43-40-37-34-18-15-12-9-6-3)60-54(57)48-45-42-39-36-33-31-28-24-22-20-17-14-11-8-5-2/h9,12,18,20,22,25-27,29,34,51H,4-8,10-11,13-17,19,21,23-24,28,30-33,35-50H2,1-3H3/b12-9-,22-20-,26-25-,29-27-,34-18-. The van der Waals surface area contributed by atoms with Crippen molar-refractivity contribution in [3.8, 4) is 0 Å². The normalized spacial score (nSPS) is 12.5. The average molecular weight is 839 g/mol. The van der Waals surface area contributed by atoms with E-state index in [1.54, 1.807) is 0 Å². The predicted molar refractivity (Wildman–Crippen MR) is 256 cm³/mol. The van der Waals surface area contributed by atoms with Gasteiger partial charge in [0.05, 0.1) is 0 Å². The SMILES string of the molecule is CC/C=C\C/C=C\CCCCC(=O)OCC(COC(=O)CCCCCCC/C=C\C=C/CCCCCCCCC)OC(=O)CCCCCCCCC/C=C\CCCCCC. The van der Waals surface area contributed by atoms with Crippen molar-refractivity contribution in [3.05, 3.63) is 60.8 Å². The minimum atomic E-state index is -0.793. The molecule has 0 amide bonds. The highest BCUT2D eigenvalue weighted by atomic mass is 16.6. The number of allylic oxidation sites excluding steroid dienone is 10. The minimum absolute atomic E-state index is 0.0942. The van der Waals surface area contributed by atoms with Crippen LogP contribution in [-0.2, 0) is 28.6 Å². The first-order chi connectivity index (χ1) is 29.5. The Morgan fingerprint density at radius 1 is 0.367 bits per heavy atom. The summed E-state index contributed by atoms with van der Waals surface area (Å²) in [6.07, 6.45) is 59.3. The monoisotopic (exact) mass is 839 g/mol. The third-order valence-corrected chi connectivity index (χ3v) is 10.8. The molecule has 0 aromatic heterocycles. The van der Waals surface area contributed by atoms with Gasteiger partial charge in [-0.25, -0.2) is 0 Å². The van der Waals surface area contributed by atoms with Crippen LogP contribution in [0.3, 0.4) is 0 Å². The Kier molecular flexibility index (Phi) is 46.4. The van der Waals surface area contributed by atoms with Crippen LogP contribution >= 0.6 is 0 Å². The molecule has 0 heterocycles. The van der Waals surface area contributed by atoms with Gasteiger partial charge in [0, 0.05) is 19.3 Å². The van der Waals surface area contributed by atoms with Crippen molar-refractivity contribution in [1.29, 1.82) is 0 Å². The first kappa shape index (κ1) is 57.1. The quantitative estimate of drug-likeness (QED) is 0.0200. The fourth-order valence-electron chi connectivity index (χ4n) is 6.93. The number of unbranched alkanes of at least 4 members (excludes halogenated alkanes) is 25. The van der Waals surface area contributed by atoms with Gasteiger partial charge >= 0.3 is 17.9 Å². The molecule has 0 aliphatic carbocycles. The summed E-state index contributed by atoms with van der Waals surface area (Å²) >= 11 is 0. The summed E-state index contributed by atoms with van der Waals surface area (Å²) < 4.78 is 16.7. The van der Waals surface area contributed by atoms with E-state index in [0.717, 1.165) is 89.9 Å². The summed E-state index contributed by atoms with van der Waals surface area (Å²) in [5.74, 6) is -0.949. The second-order valence-electron chi connectivity index (χ2n) is 16.7. The summed E-state index contributed by atoms with van der Waals surface area (Å²) in [7, 11) is 0. The van der Waals surface area contributed by atoms with Crippen LogP contribution in [0, 0.1) is 0 Å². The van der Waals surface area contributed by atoms with Gasteiger partial charge in [0.25, 0.3) is 0 Å². The van der Waals surface area contributed by atoms with Crippen molar-refractivity contribution in [1.82, 2.24) is 0 Å². The van der Waals surface area contributed by atoms with Gasteiger partial charge < -0.3 is 14.2 Å². The highest BCUT2D eigenvalue weighted by Gasteiger charge is 2.19. The molecule has 6 heteroatoms. The molecule has 0 N–H and O–H groups in total. The van der Waals surface area contributed by atoms with Gasteiger partial charge in [-0.15, -0.1) is 0 Å². The van der Waals surface area contributed by atoms with E-state index in [4.69, 9.17) is 14.2 Å². The molecular weight excluding hydrogens is 745 g/mol. The fraction of sp³-hybridized carbons (Fsp3) is 0.759. The molecule has 60 heavy (non-hydrogen) atoms. The second-order valence-corrected chi connectivity index (χ2v) is 16.7. The molecule has 0 rings (SSSR count). The van der Waals surface area contributed by atoms with Crippen LogP contribution in [0.5, 0.6) is 0 Å².